The van der Waals surface area contributed by atoms with E-state index in [2.05, 4.69) is 30.2 Å². The third kappa shape index (κ3) is 3.38. The Morgan fingerprint density at radius 3 is 2.88 bits per heavy atom. The number of amides is 1. The van der Waals surface area contributed by atoms with Crippen molar-refractivity contribution in [3.05, 3.63) is 34.8 Å². The van der Waals surface area contributed by atoms with E-state index in [1.807, 2.05) is 11.4 Å². The predicted molar refractivity (Wildman–Crippen MR) is 103 cm³/mol. The number of hydrogen-bond acceptors (Lipinski definition) is 6. The summed E-state index contributed by atoms with van der Waals surface area (Å²) in [5, 5.41) is 5.58. The molecule has 5 nitrogen and oxygen atoms in total. The van der Waals surface area contributed by atoms with Gasteiger partial charge in [-0.15, -0.1) is 23.1 Å². The van der Waals surface area contributed by atoms with Gasteiger partial charge in [-0.1, -0.05) is 19.9 Å². The van der Waals surface area contributed by atoms with Crippen LogP contribution < -0.4 is 5.32 Å². The molecule has 2 heterocycles. The fraction of sp³-hybridized carbons (Fsp3) is 0.421. The molecular formula is C19H20N2O3S2. The summed E-state index contributed by atoms with van der Waals surface area (Å²) < 4.78 is 5.21. The molecular weight excluding hydrogens is 368 g/mol. The number of thiazole rings is 1. The summed E-state index contributed by atoms with van der Waals surface area (Å²) >= 11 is 3.18. The SMILES string of the molecule is CC1(C)CC(=O)c2c(SCC3CNC(=O)O3)ccc(-c3nccs3)c2C1. The smallest absolute Gasteiger partial charge is 0.407 e. The number of cyclic esters (lactones) is 1. The number of carbonyl (C=O) groups is 2. The number of fused-ring (bicyclic) bond motifs is 1. The molecule has 7 heteroatoms. The third-order valence-electron chi connectivity index (χ3n) is 4.68. The highest BCUT2D eigenvalue weighted by Gasteiger charge is 2.35. The summed E-state index contributed by atoms with van der Waals surface area (Å²) in [5.41, 5.74) is 2.95. The van der Waals surface area contributed by atoms with E-state index in [-0.39, 0.29) is 23.4 Å². The van der Waals surface area contributed by atoms with Gasteiger partial charge in [0, 0.05) is 39.8 Å². The van der Waals surface area contributed by atoms with Crippen molar-refractivity contribution >= 4 is 35.0 Å². The van der Waals surface area contributed by atoms with Crippen molar-refractivity contribution in [3.8, 4) is 10.6 Å². The van der Waals surface area contributed by atoms with E-state index in [0.717, 1.165) is 33.0 Å². The van der Waals surface area contributed by atoms with E-state index in [1.165, 1.54) is 0 Å². The van der Waals surface area contributed by atoms with Gasteiger partial charge in [0.25, 0.3) is 0 Å². The molecule has 0 radical (unpaired) electrons. The van der Waals surface area contributed by atoms with Crippen LogP contribution in [0, 0.1) is 5.41 Å². The van der Waals surface area contributed by atoms with Gasteiger partial charge in [0.1, 0.15) is 11.1 Å². The zero-order chi connectivity index (χ0) is 18.3. The fourth-order valence-corrected chi connectivity index (χ4v) is 5.35. The standard InChI is InChI=1S/C19H20N2O3S2/c1-19(2)7-13-12(17-20-5-6-25-17)3-4-15(16(13)14(22)8-19)26-10-11-9-21-18(23)24-11/h3-6,11H,7-10H2,1-2H3,(H,21,23). The summed E-state index contributed by atoms with van der Waals surface area (Å²) in [7, 11) is 0. The van der Waals surface area contributed by atoms with Gasteiger partial charge in [0.15, 0.2) is 5.78 Å². The highest BCUT2D eigenvalue weighted by atomic mass is 32.2. The number of ketones is 1. The van der Waals surface area contributed by atoms with Gasteiger partial charge in [0.05, 0.1) is 6.54 Å². The van der Waals surface area contributed by atoms with Crippen LogP contribution in [0.25, 0.3) is 10.6 Å². The van der Waals surface area contributed by atoms with E-state index >= 15 is 0 Å². The highest BCUT2D eigenvalue weighted by molar-refractivity contribution is 7.99. The molecule has 1 aliphatic carbocycles. The zero-order valence-corrected chi connectivity index (χ0v) is 16.3. The van der Waals surface area contributed by atoms with Crippen molar-refractivity contribution in [2.75, 3.05) is 12.3 Å². The monoisotopic (exact) mass is 388 g/mol. The van der Waals surface area contributed by atoms with Crippen LogP contribution in [0.4, 0.5) is 4.79 Å². The second-order valence-electron chi connectivity index (χ2n) is 7.46. The number of thioether (sulfide) groups is 1. The van der Waals surface area contributed by atoms with Gasteiger partial charge in [0.2, 0.25) is 0 Å². The molecule has 1 amide bonds. The van der Waals surface area contributed by atoms with Gasteiger partial charge in [-0.25, -0.2) is 9.78 Å². The number of hydrogen-bond donors (Lipinski definition) is 1. The van der Waals surface area contributed by atoms with Gasteiger partial charge in [-0.2, -0.15) is 0 Å². The van der Waals surface area contributed by atoms with E-state index in [0.29, 0.717) is 18.7 Å². The van der Waals surface area contributed by atoms with Crippen LogP contribution >= 0.6 is 23.1 Å². The molecule has 1 unspecified atom stereocenters. The number of ether oxygens (including phenoxy) is 1. The van der Waals surface area contributed by atoms with Gasteiger partial charge >= 0.3 is 6.09 Å². The normalized spacial score (nSPS) is 21.2. The average molecular weight is 389 g/mol. The van der Waals surface area contributed by atoms with Crippen molar-refractivity contribution in [1.82, 2.24) is 10.3 Å². The maximum atomic E-state index is 13.0. The summed E-state index contributed by atoms with van der Waals surface area (Å²) in [5.74, 6) is 0.831. The van der Waals surface area contributed by atoms with E-state index < -0.39 is 0 Å². The summed E-state index contributed by atoms with van der Waals surface area (Å²) in [6.07, 6.45) is 2.69. The van der Waals surface area contributed by atoms with Crippen LogP contribution in [0.5, 0.6) is 0 Å². The number of alkyl carbamates (subject to hydrolysis) is 1. The molecule has 2 aliphatic rings. The Hall–Kier alpha value is -1.86. The molecule has 1 N–H and O–H groups in total. The van der Waals surface area contributed by atoms with Crippen LogP contribution in [0.2, 0.25) is 0 Å². The topological polar surface area (TPSA) is 68.3 Å². The number of benzene rings is 1. The van der Waals surface area contributed by atoms with Crippen LogP contribution in [-0.4, -0.2) is 35.3 Å². The Kier molecular flexibility index (Phi) is 4.52. The molecule has 0 bridgehead atoms. The van der Waals surface area contributed by atoms with E-state index in [9.17, 15) is 9.59 Å². The minimum Gasteiger partial charge on any atom is -0.443 e. The Balaban J connectivity index is 1.70. The Morgan fingerprint density at radius 2 is 2.19 bits per heavy atom. The van der Waals surface area contributed by atoms with Crippen molar-refractivity contribution in [2.24, 2.45) is 5.41 Å². The summed E-state index contributed by atoms with van der Waals surface area (Å²) in [6.45, 7) is 4.80. The van der Waals surface area contributed by atoms with Crippen molar-refractivity contribution in [1.29, 1.82) is 0 Å². The lowest BCUT2D eigenvalue weighted by Gasteiger charge is -2.32. The number of nitrogens with one attached hydrogen (secondary N) is 1. The molecule has 1 aromatic heterocycles. The van der Waals surface area contributed by atoms with Crippen LogP contribution in [0.1, 0.15) is 36.2 Å². The van der Waals surface area contributed by atoms with Crippen LogP contribution in [0.3, 0.4) is 0 Å². The number of carbonyl (C=O) groups excluding carboxylic acids is 2. The zero-order valence-electron chi connectivity index (χ0n) is 14.7. The molecule has 1 saturated heterocycles. The quantitative estimate of drug-likeness (QED) is 0.797. The second kappa shape index (κ2) is 6.70. The van der Waals surface area contributed by atoms with Crippen LogP contribution in [0.15, 0.2) is 28.6 Å². The molecule has 1 fully saturated rings. The van der Waals surface area contributed by atoms with E-state index in [1.54, 1.807) is 29.3 Å². The molecule has 0 spiro atoms. The first-order chi connectivity index (χ1) is 12.4. The minimum absolute atomic E-state index is 0.0513. The number of aromatic nitrogens is 1. The minimum atomic E-state index is -0.366. The first-order valence-corrected chi connectivity index (χ1v) is 10.5. The third-order valence-corrected chi connectivity index (χ3v) is 6.68. The molecule has 4 rings (SSSR count). The first-order valence-electron chi connectivity index (χ1n) is 8.59. The maximum absolute atomic E-state index is 13.0. The fourth-order valence-electron chi connectivity index (χ4n) is 3.56. The molecule has 1 aromatic carbocycles. The number of nitrogens with zero attached hydrogens (tertiary/aromatic N) is 1. The lowest BCUT2D eigenvalue weighted by Crippen LogP contribution is -2.28. The Bertz CT molecular complexity index is 862. The number of rotatable bonds is 4. The van der Waals surface area contributed by atoms with Gasteiger partial charge < -0.3 is 10.1 Å². The molecule has 136 valence electrons. The van der Waals surface area contributed by atoms with Crippen molar-refractivity contribution in [2.45, 2.75) is 37.7 Å². The Labute approximate surface area is 160 Å². The highest BCUT2D eigenvalue weighted by Crippen LogP contribution is 2.43. The van der Waals surface area contributed by atoms with Crippen molar-refractivity contribution < 1.29 is 14.3 Å². The van der Waals surface area contributed by atoms with Crippen LogP contribution in [-0.2, 0) is 11.2 Å². The molecule has 1 aliphatic heterocycles. The molecule has 1 atom stereocenters. The summed E-state index contributed by atoms with van der Waals surface area (Å²) in [6, 6.07) is 4.09. The number of Topliss-reactive ketones (excluding diaryl/α,β-unsaturated/α-hetero) is 1. The largest absolute Gasteiger partial charge is 0.443 e. The molecule has 2 aromatic rings. The van der Waals surface area contributed by atoms with Crippen molar-refractivity contribution in [3.63, 3.8) is 0 Å². The predicted octanol–water partition coefficient (Wildman–Crippen LogP) is 4.17. The molecule has 26 heavy (non-hydrogen) atoms. The Morgan fingerprint density at radius 1 is 1.35 bits per heavy atom. The maximum Gasteiger partial charge on any atom is 0.407 e. The molecule has 0 saturated carbocycles. The first kappa shape index (κ1) is 17.5. The second-order valence-corrected chi connectivity index (χ2v) is 9.42. The van der Waals surface area contributed by atoms with Gasteiger partial charge in [-0.3, -0.25) is 4.79 Å². The van der Waals surface area contributed by atoms with E-state index in [4.69, 9.17) is 4.74 Å². The lowest BCUT2D eigenvalue weighted by atomic mass is 9.72. The summed E-state index contributed by atoms with van der Waals surface area (Å²) in [4.78, 5) is 29.6. The average Bonchev–Trinajstić information content (AvgIpc) is 3.23. The van der Waals surface area contributed by atoms with Gasteiger partial charge in [-0.05, 0) is 23.5 Å². The lowest BCUT2D eigenvalue weighted by molar-refractivity contribution is 0.0908.